The molecule has 1 atom stereocenters. The van der Waals surface area contributed by atoms with Crippen LogP contribution in [0.3, 0.4) is 0 Å². The predicted octanol–water partition coefficient (Wildman–Crippen LogP) is 3.38. The Labute approximate surface area is 101 Å². The highest BCUT2D eigenvalue weighted by Gasteiger charge is 2.17. The quantitative estimate of drug-likeness (QED) is 0.574. The third kappa shape index (κ3) is 2.59. The van der Waals surface area contributed by atoms with E-state index in [2.05, 4.69) is 12.6 Å². The average Bonchev–Trinajstić information content (AvgIpc) is 2.82. The van der Waals surface area contributed by atoms with Crippen molar-refractivity contribution in [2.24, 2.45) is 0 Å². The lowest BCUT2D eigenvalue weighted by molar-refractivity contribution is 0.174. The Bertz CT molecular complexity index is 448. The van der Waals surface area contributed by atoms with E-state index in [1.807, 2.05) is 24.3 Å². The van der Waals surface area contributed by atoms with Crippen LogP contribution in [0.2, 0.25) is 0 Å². The molecule has 0 bridgehead atoms. The van der Waals surface area contributed by atoms with Crippen LogP contribution in [0.1, 0.15) is 30.7 Å². The maximum absolute atomic E-state index is 9.18. The summed E-state index contributed by atoms with van der Waals surface area (Å²) < 4.78 is 10.6. The maximum atomic E-state index is 9.18. The van der Waals surface area contributed by atoms with Gasteiger partial charge in [0.25, 0.3) is 0 Å². The van der Waals surface area contributed by atoms with Gasteiger partial charge in [-0.25, -0.2) is 0 Å². The Morgan fingerprint density at radius 3 is 3.00 bits per heavy atom. The number of nitrogens with zero attached hydrogens (tertiary/aromatic N) is 1. The summed E-state index contributed by atoms with van der Waals surface area (Å²) in [4.78, 5) is 0. The first-order valence-corrected chi connectivity index (χ1v) is 5.75. The molecule has 1 aromatic carbocycles. The minimum Gasteiger partial charge on any atom is -0.454 e. The molecule has 1 unspecified atom stereocenters. The molecule has 2 rings (SSSR count). The third-order valence-electron chi connectivity index (χ3n) is 2.86. The third-order valence-corrected chi connectivity index (χ3v) is 2.86. The fraction of sp³-hybridized carbons (Fsp3) is 0.357. The van der Waals surface area contributed by atoms with Gasteiger partial charge in [-0.1, -0.05) is 12.1 Å². The molecular weight excluding hydrogens is 214 g/mol. The summed E-state index contributed by atoms with van der Waals surface area (Å²) in [5, 5.41) is 9.18. The molecule has 88 valence electrons. The Morgan fingerprint density at radius 1 is 1.41 bits per heavy atom. The molecule has 0 N–H and O–H groups in total. The molecule has 0 saturated heterocycles. The summed E-state index contributed by atoms with van der Waals surface area (Å²) in [6.45, 7) is 3.95. The van der Waals surface area contributed by atoms with Crippen molar-refractivity contribution in [1.29, 1.82) is 5.26 Å². The van der Waals surface area contributed by atoms with Crippen LogP contribution >= 0.6 is 0 Å². The van der Waals surface area contributed by atoms with E-state index in [0.717, 1.165) is 36.3 Å². The van der Waals surface area contributed by atoms with Gasteiger partial charge in [0, 0.05) is 0 Å². The van der Waals surface area contributed by atoms with Crippen LogP contribution in [0.5, 0.6) is 11.5 Å². The summed E-state index contributed by atoms with van der Waals surface area (Å²) in [6.07, 6.45) is 4.66. The maximum Gasteiger partial charge on any atom is 0.231 e. The van der Waals surface area contributed by atoms with Crippen molar-refractivity contribution in [3.63, 3.8) is 0 Å². The SMILES string of the molecule is C=CCCCC(C#N)c1ccc2c(c1)OCO2. The molecule has 0 fully saturated rings. The number of rotatable bonds is 5. The highest BCUT2D eigenvalue weighted by atomic mass is 16.7. The fourth-order valence-electron chi connectivity index (χ4n) is 1.90. The van der Waals surface area contributed by atoms with Gasteiger partial charge >= 0.3 is 0 Å². The van der Waals surface area contributed by atoms with Crippen molar-refractivity contribution >= 4 is 0 Å². The summed E-state index contributed by atoms with van der Waals surface area (Å²) in [5.74, 6) is 1.42. The molecule has 0 aromatic heterocycles. The number of unbranched alkanes of at least 4 members (excludes halogenated alkanes) is 1. The predicted molar refractivity (Wildman–Crippen MR) is 65.0 cm³/mol. The zero-order chi connectivity index (χ0) is 12.1. The molecule has 3 nitrogen and oxygen atoms in total. The monoisotopic (exact) mass is 229 g/mol. The highest BCUT2D eigenvalue weighted by molar-refractivity contribution is 5.46. The van der Waals surface area contributed by atoms with Crippen molar-refractivity contribution in [3.05, 3.63) is 36.4 Å². The molecule has 0 radical (unpaired) electrons. The minimum absolute atomic E-state index is 0.0792. The van der Waals surface area contributed by atoms with Gasteiger partial charge in [-0.2, -0.15) is 5.26 Å². The van der Waals surface area contributed by atoms with E-state index in [0.29, 0.717) is 0 Å². The lowest BCUT2D eigenvalue weighted by Gasteiger charge is -2.09. The Balaban J connectivity index is 2.09. The number of ether oxygens (including phenoxy) is 2. The van der Waals surface area contributed by atoms with E-state index in [-0.39, 0.29) is 12.7 Å². The van der Waals surface area contributed by atoms with E-state index in [4.69, 9.17) is 9.47 Å². The smallest absolute Gasteiger partial charge is 0.231 e. The van der Waals surface area contributed by atoms with Crippen LogP contribution in [0.25, 0.3) is 0 Å². The topological polar surface area (TPSA) is 42.2 Å². The summed E-state index contributed by atoms with van der Waals surface area (Å²) in [5.41, 5.74) is 1.00. The van der Waals surface area contributed by atoms with Crippen LogP contribution in [-0.4, -0.2) is 6.79 Å². The zero-order valence-corrected chi connectivity index (χ0v) is 9.69. The molecule has 0 saturated carbocycles. The first-order chi connectivity index (χ1) is 8.35. The number of benzene rings is 1. The summed E-state index contributed by atoms with van der Waals surface area (Å²) >= 11 is 0. The average molecular weight is 229 g/mol. The van der Waals surface area contributed by atoms with Crippen molar-refractivity contribution in [1.82, 2.24) is 0 Å². The number of nitriles is 1. The molecule has 1 aliphatic rings. The van der Waals surface area contributed by atoms with E-state index in [9.17, 15) is 5.26 Å². The minimum atomic E-state index is -0.0792. The lowest BCUT2D eigenvalue weighted by Crippen LogP contribution is -1.96. The van der Waals surface area contributed by atoms with Crippen LogP contribution in [-0.2, 0) is 0 Å². The van der Waals surface area contributed by atoms with Crippen LogP contribution in [0.15, 0.2) is 30.9 Å². The van der Waals surface area contributed by atoms with E-state index in [1.165, 1.54) is 0 Å². The van der Waals surface area contributed by atoms with Gasteiger partial charge in [-0.3, -0.25) is 0 Å². The number of allylic oxidation sites excluding steroid dienone is 1. The highest BCUT2D eigenvalue weighted by Crippen LogP contribution is 2.35. The second-order valence-corrected chi connectivity index (χ2v) is 4.01. The molecule has 0 spiro atoms. The van der Waals surface area contributed by atoms with Crippen LogP contribution < -0.4 is 9.47 Å². The fourth-order valence-corrected chi connectivity index (χ4v) is 1.90. The largest absolute Gasteiger partial charge is 0.454 e. The molecule has 0 aliphatic carbocycles. The van der Waals surface area contributed by atoms with Crippen molar-refractivity contribution in [2.75, 3.05) is 6.79 Å². The molecule has 0 amide bonds. The first kappa shape index (κ1) is 11.5. The lowest BCUT2D eigenvalue weighted by atomic mass is 9.94. The summed E-state index contributed by atoms with van der Waals surface area (Å²) in [6, 6.07) is 8.05. The number of hydrogen-bond donors (Lipinski definition) is 0. The Morgan fingerprint density at radius 2 is 2.24 bits per heavy atom. The van der Waals surface area contributed by atoms with Crippen molar-refractivity contribution < 1.29 is 9.47 Å². The standard InChI is InChI=1S/C14H15NO2/c1-2-3-4-5-12(9-15)11-6-7-13-14(8-11)17-10-16-13/h2,6-8,12H,1,3-5,10H2. The van der Waals surface area contributed by atoms with Gasteiger partial charge in [0.2, 0.25) is 6.79 Å². The number of fused-ring (bicyclic) bond motifs is 1. The molecule has 17 heavy (non-hydrogen) atoms. The second kappa shape index (κ2) is 5.40. The molecule has 1 heterocycles. The van der Waals surface area contributed by atoms with Gasteiger partial charge in [0.15, 0.2) is 11.5 Å². The molecule has 1 aliphatic heterocycles. The normalized spacial score (nSPS) is 14.1. The van der Waals surface area contributed by atoms with Gasteiger partial charge < -0.3 is 9.47 Å². The molecule has 1 aromatic rings. The van der Waals surface area contributed by atoms with Crippen LogP contribution in [0, 0.1) is 11.3 Å². The van der Waals surface area contributed by atoms with Gasteiger partial charge in [-0.05, 0) is 37.0 Å². The van der Waals surface area contributed by atoms with Crippen LogP contribution in [0.4, 0.5) is 0 Å². The van der Waals surface area contributed by atoms with E-state index >= 15 is 0 Å². The first-order valence-electron chi connectivity index (χ1n) is 5.75. The number of hydrogen-bond acceptors (Lipinski definition) is 3. The van der Waals surface area contributed by atoms with Crippen molar-refractivity contribution in [3.8, 4) is 17.6 Å². The van der Waals surface area contributed by atoms with Crippen molar-refractivity contribution in [2.45, 2.75) is 25.2 Å². The second-order valence-electron chi connectivity index (χ2n) is 4.01. The Hall–Kier alpha value is -1.95. The zero-order valence-electron chi connectivity index (χ0n) is 9.69. The van der Waals surface area contributed by atoms with E-state index in [1.54, 1.807) is 0 Å². The summed E-state index contributed by atoms with van der Waals surface area (Å²) in [7, 11) is 0. The van der Waals surface area contributed by atoms with Gasteiger partial charge in [-0.15, -0.1) is 6.58 Å². The molecular formula is C14H15NO2. The Kier molecular flexibility index (Phi) is 3.66. The van der Waals surface area contributed by atoms with Gasteiger partial charge in [0.1, 0.15) is 0 Å². The molecule has 3 heteroatoms. The van der Waals surface area contributed by atoms with Gasteiger partial charge in [0.05, 0.1) is 12.0 Å². The van der Waals surface area contributed by atoms with E-state index < -0.39 is 0 Å².